The zero-order chi connectivity index (χ0) is 24.8. The van der Waals surface area contributed by atoms with E-state index >= 15 is 0 Å². The van der Waals surface area contributed by atoms with Crippen LogP contribution < -0.4 is 15.0 Å². The minimum atomic E-state index is -2.94. The van der Waals surface area contributed by atoms with Crippen LogP contribution in [0.15, 0.2) is 71.8 Å². The number of pyridine rings is 1. The molecule has 6 aromatic rings. The smallest absolute Gasteiger partial charge is 0.387 e. The molecule has 4 heterocycles. The molecule has 0 N–H and O–H groups in total. The van der Waals surface area contributed by atoms with Gasteiger partial charge in [-0.1, -0.05) is 17.4 Å². The van der Waals surface area contributed by atoms with Crippen molar-refractivity contribution in [1.29, 1.82) is 0 Å². The Bertz CT molecular complexity index is 1790. The van der Waals surface area contributed by atoms with Gasteiger partial charge in [-0.25, -0.2) is 9.97 Å². The van der Waals surface area contributed by atoms with Gasteiger partial charge in [-0.05, 0) is 61.0 Å². The molecule has 180 valence electrons. The highest BCUT2D eigenvalue weighted by Gasteiger charge is 2.18. The summed E-state index contributed by atoms with van der Waals surface area (Å²) in [6.07, 6.45) is 3.54. The molecular weight excluding hydrogens is 488 g/mol. The van der Waals surface area contributed by atoms with Crippen LogP contribution in [-0.2, 0) is 0 Å². The molecule has 4 aromatic heterocycles. The highest BCUT2D eigenvalue weighted by atomic mass is 32.1. The zero-order valence-electron chi connectivity index (χ0n) is 18.8. The number of fused-ring (bicyclic) bond motifs is 4. The maximum atomic E-state index is 13.9. The lowest BCUT2D eigenvalue weighted by atomic mass is 10.1. The van der Waals surface area contributed by atoms with Crippen molar-refractivity contribution in [2.24, 2.45) is 0 Å². The van der Waals surface area contributed by atoms with Gasteiger partial charge in [0.2, 0.25) is 5.78 Å². The molecule has 6 rings (SSSR count). The van der Waals surface area contributed by atoms with Crippen molar-refractivity contribution in [2.75, 3.05) is 6.61 Å². The van der Waals surface area contributed by atoms with Gasteiger partial charge in [0.25, 0.3) is 10.8 Å². The van der Waals surface area contributed by atoms with Crippen molar-refractivity contribution in [3.8, 4) is 27.8 Å². The third-order valence-corrected chi connectivity index (χ3v) is 6.52. The van der Waals surface area contributed by atoms with Gasteiger partial charge in [-0.2, -0.15) is 13.8 Å². The van der Waals surface area contributed by atoms with Gasteiger partial charge in [0, 0.05) is 18.0 Å². The topological polar surface area (TPSA) is 83.5 Å². The average Bonchev–Trinajstić information content (AvgIpc) is 3.44. The van der Waals surface area contributed by atoms with E-state index in [9.17, 15) is 13.6 Å². The van der Waals surface area contributed by atoms with Crippen LogP contribution >= 0.6 is 11.3 Å². The minimum absolute atomic E-state index is 0.00541. The number of halogens is 2. The summed E-state index contributed by atoms with van der Waals surface area (Å²) in [7, 11) is 0. The van der Waals surface area contributed by atoms with Gasteiger partial charge in [-0.3, -0.25) is 13.8 Å². The molecule has 0 spiro atoms. The van der Waals surface area contributed by atoms with Crippen molar-refractivity contribution in [3.63, 3.8) is 0 Å². The van der Waals surface area contributed by atoms with Gasteiger partial charge in [0.15, 0.2) is 5.65 Å². The molecule has 11 heteroatoms. The van der Waals surface area contributed by atoms with Crippen LogP contribution in [0.1, 0.15) is 6.92 Å². The molecule has 8 nitrogen and oxygen atoms in total. The van der Waals surface area contributed by atoms with E-state index in [1.807, 2.05) is 41.8 Å². The second-order valence-electron chi connectivity index (χ2n) is 7.78. The van der Waals surface area contributed by atoms with E-state index in [4.69, 9.17) is 4.74 Å². The average molecular weight is 506 g/mol. The summed E-state index contributed by atoms with van der Waals surface area (Å²) < 4.78 is 39.3. The Kier molecular flexibility index (Phi) is 5.33. The number of nitrogens with zero attached hydrogens (tertiary/aromatic N) is 5. The fourth-order valence-electron chi connectivity index (χ4n) is 4.10. The molecule has 0 unspecified atom stereocenters. The predicted octanol–water partition coefficient (Wildman–Crippen LogP) is 5.31. The Morgan fingerprint density at radius 1 is 1.08 bits per heavy atom. The van der Waals surface area contributed by atoms with Gasteiger partial charge >= 0.3 is 6.61 Å². The summed E-state index contributed by atoms with van der Waals surface area (Å²) >= 11 is 1.32. The number of alkyl halides is 2. The fraction of sp³-hybridized carbons (Fsp3) is 0.120. The predicted molar refractivity (Wildman–Crippen MR) is 133 cm³/mol. The molecule has 0 amide bonds. The zero-order valence-corrected chi connectivity index (χ0v) is 19.6. The Hall–Kier alpha value is -4.38. The van der Waals surface area contributed by atoms with Crippen LogP contribution in [0.25, 0.3) is 44.0 Å². The first-order valence-corrected chi connectivity index (χ1v) is 11.8. The van der Waals surface area contributed by atoms with Crippen LogP contribution in [0, 0.1) is 0 Å². The molecule has 0 radical (unpaired) electrons. The summed E-state index contributed by atoms with van der Waals surface area (Å²) in [4.78, 5) is 27.2. The van der Waals surface area contributed by atoms with E-state index in [0.717, 1.165) is 15.7 Å². The van der Waals surface area contributed by atoms with Gasteiger partial charge < -0.3 is 9.47 Å². The molecule has 2 aromatic carbocycles. The van der Waals surface area contributed by atoms with Crippen LogP contribution in [0.5, 0.6) is 10.9 Å². The first kappa shape index (κ1) is 22.1. The number of hydrogen-bond acceptors (Lipinski definition) is 7. The summed E-state index contributed by atoms with van der Waals surface area (Å²) in [5.41, 5.74) is 3.27. The summed E-state index contributed by atoms with van der Waals surface area (Å²) in [6, 6.07) is 15.1. The normalized spacial score (nSPS) is 11.7. The number of hydrogen-bond donors (Lipinski definition) is 0. The standard InChI is InChI=1S/C25H17F2N5O3S/c1-2-34-25-30-21-20(36-25)13-17(22(33)32(21)15-5-7-16(8-6-15)35-23(26)27)14-4-9-18-19(12-14)31-11-3-10-28-24(31)29-18/h3-13,23H,2H2,1H3. The maximum Gasteiger partial charge on any atom is 0.387 e. The monoisotopic (exact) mass is 505 g/mol. The van der Waals surface area contributed by atoms with E-state index in [0.29, 0.717) is 40.0 Å². The molecule has 0 saturated carbocycles. The van der Waals surface area contributed by atoms with E-state index < -0.39 is 6.61 Å². The fourth-order valence-corrected chi connectivity index (χ4v) is 5.00. The number of ether oxygens (including phenoxy) is 2. The highest BCUT2D eigenvalue weighted by molar-refractivity contribution is 7.20. The Morgan fingerprint density at radius 2 is 1.92 bits per heavy atom. The van der Waals surface area contributed by atoms with Crippen LogP contribution in [-0.4, -0.2) is 37.1 Å². The highest BCUT2D eigenvalue weighted by Crippen LogP contribution is 2.32. The van der Waals surface area contributed by atoms with Gasteiger partial charge in [0.1, 0.15) is 5.75 Å². The van der Waals surface area contributed by atoms with E-state index in [2.05, 4.69) is 19.7 Å². The minimum Gasteiger partial charge on any atom is -0.470 e. The van der Waals surface area contributed by atoms with Gasteiger partial charge in [-0.15, -0.1) is 0 Å². The third kappa shape index (κ3) is 3.73. The largest absolute Gasteiger partial charge is 0.470 e. The third-order valence-electron chi connectivity index (χ3n) is 5.62. The maximum absolute atomic E-state index is 13.9. The van der Waals surface area contributed by atoms with Crippen molar-refractivity contribution in [3.05, 3.63) is 77.3 Å². The van der Waals surface area contributed by atoms with Crippen LogP contribution in [0.3, 0.4) is 0 Å². The lowest BCUT2D eigenvalue weighted by molar-refractivity contribution is -0.0498. The molecule has 0 aliphatic rings. The second-order valence-corrected chi connectivity index (χ2v) is 8.77. The second kappa shape index (κ2) is 8.68. The van der Waals surface area contributed by atoms with Crippen molar-refractivity contribution in [1.82, 2.24) is 23.9 Å². The Balaban J connectivity index is 1.57. The molecule has 36 heavy (non-hydrogen) atoms. The number of imidazole rings is 1. The first-order chi connectivity index (χ1) is 17.5. The number of thiazole rings is 1. The molecule has 0 aliphatic carbocycles. The molecule has 0 aliphatic heterocycles. The summed E-state index contributed by atoms with van der Waals surface area (Å²) in [5, 5.41) is 0.429. The quantitative estimate of drug-likeness (QED) is 0.305. The Labute approximate surface area is 206 Å². The number of benzene rings is 2. The van der Waals surface area contributed by atoms with Crippen molar-refractivity contribution >= 4 is 38.5 Å². The lowest BCUT2D eigenvalue weighted by Crippen LogP contribution is -2.20. The van der Waals surface area contributed by atoms with Crippen molar-refractivity contribution in [2.45, 2.75) is 13.5 Å². The Morgan fingerprint density at radius 3 is 2.69 bits per heavy atom. The van der Waals surface area contributed by atoms with E-state index in [1.54, 1.807) is 24.4 Å². The summed E-state index contributed by atoms with van der Waals surface area (Å²) in [5.74, 6) is 0.557. The number of rotatable bonds is 6. The molecule has 0 fully saturated rings. The van der Waals surface area contributed by atoms with Crippen molar-refractivity contribution < 1.29 is 18.3 Å². The molecule has 0 atom stereocenters. The SMILES string of the molecule is CCOc1nc2c(cc(-c3ccc4nc5ncccn5c4c3)c(=O)n2-c2ccc(OC(F)F)cc2)s1. The van der Waals surface area contributed by atoms with Gasteiger partial charge in [0.05, 0.1) is 28.0 Å². The number of aromatic nitrogens is 5. The lowest BCUT2D eigenvalue weighted by Gasteiger charge is -2.11. The van der Waals surface area contributed by atoms with E-state index in [1.165, 1.54) is 28.0 Å². The molecule has 0 saturated heterocycles. The van der Waals surface area contributed by atoms with E-state index in [-0.39, 0.29) is 11.3 Å². The van der Waals surface area contributed by atoms with Crippen LogP contribution in [0.2, 0.25) is 0 Å². The summed E-state index contributed by atoms with van der Waals surface area (Å²) in [6.45, 7) is -0.660. The molecule has 0 bridgehead atoms. The molecular formula is C25H17F2N5O3S. The van der Waals surface area contributed by atoms with Crippen LogP contribution in [0.4, 0.5) is 8.78 Å². The first-order valence-electron chi connectivity index (χ1n) is 11.0.